The van der Waals surface area contributed by atoms with Crippen molar-refractivity contribution >= 4 is 0 Å². The number of hydrogen-bond acceptors (Lipinski definition) is 4. The fraction of sp³-hybridized carbons (Fsp3) is 0.889. The fourth-order valence-electron chi connectivity index (χ4n) is 2.22. The molecule has 5 heteroatoms. The minimum absolute atomic E-state index is 0.142. The summed E-state index contributed by atoms with van der Waals surface area (Å²) in [5.74, 6) is 0.782. The van der Waals surface area contributed by atoms with Gasteiger partial charge in [-0.15, -0.1) is 10.2 Å². The van der Waals surface area contributed by atoms with Gasteiger partial charge in [-0.25, -0.2) is 0 Å². The highest BCUT2D eigenvalue weighted by Gasteiger charge is 2.35. The van der Waals surface area contributed by atoms with Gasteiger partial charge in [-0.2, -0.15) is 4.80 Å². The third-order valence-electron chi connectivity index (χ3n) is 2.94. The van der Waals surface area contributed by atoms with E-state index in [4.69, 9.17) is 0 Å². The van der Waals surface area contributed by atoms with Gasteiger partial charge in [0.1, 0.15) is 0 Å². The molecule has 0 amide bonds. The van der Waals surface area contributed by atoms with E-state index in [2.05, 4.69) is 22.3 Å². The van der Waals surface area contributed by atoms with Crippen molar-refractivity contribution < 1.29 is 5.11 Å². The molecule has 1 aliphatic rings. The van der Waals surface area contributed by atoms with Crippen molar-refractivity contribution in [2.75, 3.05) is 0 Å². The zero-order valence-corrected chi connectivity index (χ0v) is 8.64. The maximum atomic E-state index is 9.49. The average Bonchev–Trinajstić information content (AvgIpc) is 2.60. The van der Waals surface area contributed by atoms with Crippen LogP contribution in [0.25, 0.3) is 0 Å². The molecule has 1 saturated carbocycles. The Balaban J connectivity index is 2.03. The second kappa shape index (κ2) is 3.31. The molecule has 1 N–H and O–H groups in total. The molecular formula is C9H16N4O. The summed E-state index contributed by atoms with van der Waals surface area (Å²) in [6.45, 7) is 2.18. The van der Waals surface area contributed by atoms with Gasteiger partial charge in [-0.05, 0) is 29.9 Å². The maximum absolute atomic E-state index is 9.49. The lowest BCUT2D eigenvalue weighted by Crippen LogP contribution is -2.17. The number of tetrazole rings is 1. The lowest BCUT2D eigenvalue weighted by atomic mass is 9.85. The van der Waals surface area contributed by atoms with Gasteiger partial charge >= 0.3 is 0 Å². The van der Waals surface area contributed by atoms with Gasteiger partial charge in [0, 0.05) is 6.42 Å². The molecule has 1 aromatic heterocycles. The standard InChI is InChI=1S/C9H16N4O/c1-9(4-3-7(14)5-9)6-8-10-12-13(2)11-8/h7,14H,3-6H2,1-2H3. The lowest BCUT2D eigenvalue weighted by Gasteiger charge is -2.20. The highest BCUT2D eigenvalue weighted by Crippen LogP contribution is 2.39. The average molecular weight is 196 g/mol. The van der Waals surface area contributed by atoms with E-state index < -0.39 is 0 Å². The Kier molecular flexibility index (Phi) is 2.26. The van der Waals surface area contributed by atoms with Crippen molar-refractivity contribution in [2.24, 2.45) is 12.5 Å². The summed E-state index contributed by atoms with van der Waals surface area (Å²) in [7, 11) is 1.77. The predicted molar refractivity (Wildman–Crippen MR) is 50.5 cm³/mol. The third kappa shape index (κ3) is 1.92. The Labute approximate surface area is 83.1 Å². The number of aryl methyl sites for hydroxylation is 1. The summed E-state index contributed by atoms with van der Waals surface area (Å²) in [6.07, 6.45) is 3.48. The van der Waals surface area contributed by atoms with Gasteiger partial charge in [0.05, 0.1) is 13.2 Å². The molecule has 78 valence electrons. The first-order valence-electron chi connectivity index (χ1n) is 4.98. The molecule has 2 rings (SSSR count). The summed E-state index contributed by atoms with van der Waals surface area (Å²) in [4.78, 5) is 1.48. The van der Waals surface area contributed by atoms with Crippen LogP contribution in [0.3, 0.4) is 0 Å². The first kappa shape index (κ1) is 9.58. The van der Waals surface area contributed by atoms with Gasteiger partial charge in [0.2, 0.25) is 0 Å². The normalized spacial score (nSPS) is 32.4. The zero-order valence-electron chi connectivity index (χ0n) is 8.64. The van der Waals surface area contributed by atoms with Crippen LogP contribution in [0, 0.1) is 5.41 Å². The Morgan fingerprint density at radius 1 is 1.64 bits per heavy atom. The molecule has 1 fully saturated rings. The minimum atomic E-state index is -0.142. The second-order valence-electron chi connectivity index (χ2n) is 4.58. The largest absolute Gasteiger partial charge is 0.393 e. The van der Waals surface area contributed by atoms with Crippen molar-refractivity contribution in [3.05, 3.63) is 5.82 Å². The molecule has 2 unspecified atom stereocenters. The van der Waals surface area contributed by atoms with E-state index in [1.807, 2.05) is 0 Å². The first-order chi connectivity index (χ1) is 6.57. The van der Waals surface area contributed by atoms with E-state index in [-0.39, 0.29) is 11.5 Å². The Morgan fingerprint density at radius 3 is 2.93 bits per heavy atom. The summed E-state index contributed by atoms with van der Waals surface area (Å²) in [6, 6.07) is 0. The van der Waals surface area contributed by atoms with Gasteiger partial charge < -0.3 is 5.11 Å². The molecule has 1 heterocycles. The molecule has 0 aliphatic heterocycles. The quantitative estimate of drug-likeness (QED) is 0.739. The van der Waals surface area contributed by atoms with Crippen LogP contribution < -0.4 is 0 Å². The van der Waals surface area contributed by atoms with Gasteiger partial charge in [-0.3, -0.25) is 0 Å². The van der Waals surface area contributed by atoms with Crippen LogP contribution in [0.15, 0.2) is 0 Å². The predicted octanol–water partition coefficient (Wildman–Crippen LogP) is 0.304. The zero-order chi connectivity index (χ0) is 10.2. The number of rotatable bonds is 2. The SMILES string of the molecule is Cn1nnc(CC2(C)CCC(O)C2)n1. The van der Waals surface area contributed by atoms with E-state index >= 15 is 0 Å². The highest BCUT2D eigenvalue weighted by molar-refractivity contribution is 4.93. The molecule has 0 aromatic carbocycles. The van der Waals surface area contributed by atoms with Crippen molar-refractivity contribution in [2.45, 2.75) is 38.7 Å². The van der Waals surface area contributed by atoms with E-state index in [9.17, 15) is 5.11 Å². The monoisotopic (exact) mass is 196 g/mol. The van der Waals surface area contributed by atoms with Crippen molar-refractivity contribution in [3.63, 3.8) is 0 Å². The minimum Gasteiger partial charge on any atom is -0.393 e. The van der Waals surface area contributed by atoms with Gasteiger partial charge in [-0.1, -0.05) is 6.92 Å². The molecule has 0 saturated heterocycles. The van der Waals surface area contributed by atoms with E-state index in [0.29, 0.717) is 0 Å². The summed E-state index contributed by atoms with van der Waals surface area (Å²) >= 11 is 0. The molecule has 0 bridgehead atoms. The molecule has 2 atom stereocenters. The summed E-state index contributed by atoms with van der Waals surface area (Å²) in [5, 5.41) is 21.4. The molecule has 5 nitrogen and oxygen atoms in total. The van der Waals surface area contributed by atoms with Crippen LogP contribution in [0.5, 0.6) is 0 Å². The van der Waals surface area contributed by atoms with Crippen molar-refractivity contribution in [3.8, 4) is 0 Å². The third-order valence-corrected chi connectivity index (χ3v) is 2.94. The number of aromatic nitrogens is 4. The fourth-order valence-corrected chi connectivity index (χ4v) is 2.22. The lowest BCUT2D eigenvalue weighted by molar-refractivity contribution is 0.163. The smallest absolute Gasteiger partial charge is 0.175 e. The van der Waals surface area contributed by atoms with Crippen molar-refractivity contribution in [1.29, 1.82) is 0 Å². The molecule has 0 spiro atoms. The molecule has 14 heavy (non-hydrogen) atoms. The molecule has 1 aromatic rings. The van der Waals surface area contributed by atoms with Crippen LogP contribution >= 0.6 is 0 Å². The second-order valence-corrected chi connectivity index (χ2v) is 4.58. The van der Waals surface area contributed by atoms with Crippen LogP contribution in [0.2, 0.25) is 0 Å². The van der Waals surface area contributed by atoms with Gasteiger partial charge in [0.15, 0.2) is 5.82 Å². The van der Waals surface area contributed by atoms with Crippen LogP contribution in [0.1, 0.15) is 32.0 Å². The van der Waals surface area contributed by atoms with Crippen molar-refractivity contribution in [1.82, 2.24) is 20.2 Å². The Hall–Kier alpha value is -0.970. The Bertz CT molecular complexity index is 324. The Morgan fingerprint density at radius 2 is 2.43 bits per heavy atom. The number of nitrogens with zero attached hydrogens (tertiary/aromatic N) is 4. The molecule has 1 aliphatic carbocycles. The molecular weight excluding hydrogens is 180 g/mol. The number of aliphatic hydroxyl groups excluding tert-OH is 1. The van der Waals surface area contributed by atoms with Crippen LogP contribution in [-0.4, -0.2) is 31.4 Å². The summed E-state index contributed by atoms with van der Waals surface area (Å²) < 4.78 is 0. The highest BCUT2D eigenvalue weighted by atomic mass is 16.3. The van der Waals surface area contributed by atoms with Gasteiger partial charge in [0.25, 0.3) is 0 Å². The van der Waals surface area contributed by atoms with Crippen LogP contribution in [-0.2, 0) is 13.5 Å². The van der Waals surface area contributed by atoms with Crippen LogP contribution in [0.4, 0.5) is 0 Å². The van der Waals surface area contributed by atoms with E-state index in [0.717, 1.165) is 31.5 Å². The maximum Gasteiger partial charge on any atom is 0.175 e. The number of aliphatic hydroxyl groups is 1. The molecule has 0 radical (unpaired) electrons. The topological polar surface area (TPSA) is 63.8 Å². The summed E-state index contributed by atoms with van der Waals surface area (Å²) in [5.41, 5.74) is 0.155. The van der Waals surface area contributed by atoms with E-state index in [1.165, 1.54) is 4.80 Å². The number of hydrogen-bond donors (Lipinski definition) is 1. The first-order valence-corrected chi connectivity index (χ1v) is 4.98. The van der Waals surface area contributed by atoms with E-state index in [1.54, 1.807) is 7.05 Å².